The van der Waals surface area contributed by atoms with Crippen LogP contribution in [0.25, 0.3) is 0 Å². The first-order valence-electron chi connectivity index (χ1n) is 6.71. The zero-order valence-electron chi connectivity index (χ0n) is 11.9. The predicted molar refractivity (Wildman–Crippen MR) is 84.6 cm³/mol. The average molecular weight is 323 g/mol. The molecule has 0 aliphatic rings. The van der Waals surface area contributed by atoms with Gasteiger partial charge in [-0.25, -0.2) is 9.18 Å². The number of nitrogens with one attached hydrogen (secondary N) is 2. The fraction of sp³-hybridized carbons (Fsp3) is 0.188. The lowest BCUT2D eigenvalue weighted by atomic mass is 10.1. The van der Waals surface area contributed by atoms with Crippen molar-refractivity contribution in [1.29, 1.82) is 0 Å². The van der Waals surface area contributed by atoms with E-state index in [1.807, 2.05) is 6.92 Å². The number of rotatable bonds is 4. The summed E-state index contributed by atoms with van der Waals surface area (Å²) in [6.07, 6.45) is -1.12. The number of hydrogen-bond acceptors (Lipinski definition) is 2. The normalized spacial score (nSPS) is 11.8. The van der Waals surface area contributed by atoms with Crippen molar-refractivity contribution >= 4 is 23.3 Å². The Bertz CT molecular complexity index is 679. The number of halogens is 2. The maximum absolute atomic E-state index is 13.5. The second-order valence-electron chi connectivity index (χ2n) is 4.83. The third-order valence-electron chi connectivity index (χ3n) is 3.17. The highest BCUT2D eigenvalue weighted by atomic mass is 35.5. The van der Waals surface area contributed by atoms with E-state index in [9.17, 15) is 14.3 Å². The minimum Gasteiger partial charge on any atom is -0.386 e. The van der Waals surface area contributed by atoms with Crippen LogP contribution in [0.5, 0.6) is 0 Å². The van der Waals surface area contributed by atoms with Crippen LogP contribution in [-0.2, 0) is 0 Å². The number of urea groups is 1. The number of aryl methyl sites for hydroxylation is 1. The Morgan fingerprint density at radius 2 is 2.05 bits per heavy atom. The molecular formula is C16H16ClFN2O2. The van der Waals surface area contributed by atoms with Crippen molar-refractivity contribution in [2.75, 3.05) is 11.9 Å². The largest absolute Gasteiger partial charge is 0.386 e. The third-order valence-corrected chi connectivity index (χ3v) is 3.40. The summed E-state index contributed by atoms with van der Waals surface area (Å²) < 4.78 is 13.5. The molecule has 1 atom stereocenters. The summed E-state index contributed by atoms with van der Waals surface area (Å²) in [6, 6.07) is 10.5. The molecule has 6 heteroatoms. The fourth-order valence-corrected chi connectivity index (χ4v) is 2.11. The Kier molecular flexibility index (Phi) is 5.35. The summed E-state index contributed by atoms with van der Waals surface area (Å²) in [5.41, 5.74) is 1.57. The molecule has 0 spiro atoms. The van der Waals surface area contributed by atoms with Gasteiger partial charge < -0.3 is 15.7 Å². The van der Waals surface area contributed by atoms with Gasteiger partial charge in [0.25, 0.3) is 0 Å². The molecule has 2 rings (SSSR count). The summed E-state index contributed by atoms with van der Waals surface area (Å²) in [6.45, 7) is 1.73. The Hall–Kier alpha value is -2.11. The zero-order chi connectivity index (χ0) is 16.1. The number of benzene rings is 2. The van der Waals surface area contributed by atoms with Crippen molar-refractivity contribution in [3.63, 3.8) is 0 Å². The van der Waals surface area contributed by atoms with Crippen molar-refractivity contribution in [2.45, 2.75) is 13.0 Å². The Balaban J connectivity index is 1.93. The Labute approximate surface area is 132 Å². The van der Waals surface area contributed by atoms with E-state index in [1.54, 1.807) is 24.3 Å². The molecule has 0 saturated heterocycles. The highest BCUT2D eigenvalue weighted by Gasteiger charge is 2.13. The van der Waals surface area contributed by atoms with E-state index in [1.165, 1.54) is 18.2 Å². The molecule has 116 valence electrons. The number of aliphatic hydroxyl groups is 1. The molecule has 0 bridgehead atoms. The minimum atomic E-state index is -1.12. The Morgan fingerprint density at radius 1 is 1.32 bits per heavy atom. The third kappa shape index (κ3) is 4.19. The van der Waals surface area contributed by atoms with E-state index < -0.39 is 18.0 Å². The molecule has 0 heterocycles. The monoisotopic (exact) mass is 322 g/mol. The molecule has 0 unspecified atom stereocenters. The zero-order valence-corrected chi connectivity index (χ0v) is 12.7. The second-order valence-corrected chi connectivity index (χ2v) is 5.27. The van der Waals surface area contributed by atoms with Gasteiger partial charge in [0, 0.05) is 22.8 Å². The van der Waals surface area contributed by atoms with Crippen LogP contribution in [0.2, 0.25) is 5.02 Å². The van der Waals surface area contributed by atoms with Crippen LogP contribution in [0, 0.1) is 12.7 Å². The van der Waals surface area contributed by atoms with Crippen LogP contribution >= 0.6 is 11.6 Å². The van der Waals surface area contributed by atoms with Gasteiger partial charge >= 0.3 is 6.03 Å². The van der Waals surface area contributed by atoms with Gasteiger partial charge in [0.05, 0.1) is 6.10 Å². The van der Waals surface area contributed by atoms with E-state index in [-0.39, 0.29) is 12.1 Å². The van der Waals surface area contributed by atoms with E-state index in [0.717, 1.165) is 5.56 Å². The molecule has 4 nitrogen and oxygen atoms in total. The van der Waals surface area contributed by atoms with Crippen LogP contribution in [0.3, 0.4) is 0 Å². The molecular weight excluding hydrogens is 307 g/mol. The van der Waals surface area contributed by atoms with Crippen LogP contribution in [-0.4, -0.2) is 17.7 Å². The summed E-state index contributed by atoms with van der Waals surface area (Å²) in [4.78, 5) is 11.8. The predicted octanol–water partition coefficient (Wildman–Crippen LogP) is 3.64. The van der Waals surface area contributed by atoms with Gasteiger partial charge in [0.15, 0.2) is 0 Å². The quantitative estimate of drug-likeness (QED) is 0.804. The van der Waals surface area contributed by atoms with Crippen LogP contribution in [0.4, 0.5) is 14.9 Å². The van der Waals surface area contributed by atoms with E-state index >= 15 is 0 Å². The summed E-state index contributed by atoms with van der Waals surface area (Å²) >= 11 is 5.87. The van der Waals surface area contributed by atoms with Gasteiger partial charge in [-0.15, -0.1) is 0 Å². The van der Waals surface area contributed by atoms with Gasteiger partial charge in [0.1, 0.15) is 5.82 Å². The van der Waals surface area contributed by atoms with Crippen molar-refractivity contribution < 1.29 is 14.3 Å². The highest BCUT2D eigenvalue weighted by molar-refractivity contribution is 6.31. The molecule has 2 aromatic rings. The first kappa shape index (κ1) is 16.3. The number of anilines is 1. The molecule has 2 amide bonds. The van der Waals surface area contributed by atoms with Gasteiger partial charge in [-0.3, -0.25) is 0 Å². The SMILES string of the molecule is Cc1ccc(Cl)cc1NC(=O)NC[C@@H](O)c1ccccc1F. The average Bonchev–Trinajstić information content (AvgIpc) is 2.49. The van der Waals surface area contributed by atoms with Crippen molar-refractivity contribution in [1.82, 2.24) is 5.32 Å². The molecule has 0 aliphatic heterocycles. The molecule has 0 saturated carbocycles. The molecule has 0 radical (unpaired) electrons. The first-order valence-corrected chi connectivity index (χ1v) is 7.08. The number of hydrogen-bond donors (Lipinski definition) is 3. The standard InChI is InChI=1S/C16H16ClFN2O2/c1-10-6-7-11(17)8-14(10)20-16(22)19-9-15(21)12-4-2-3-5-13(12)18/h2-8,15,21H,9H2,1H3,(H2,19,20,22)/t15-/m1/s1. The number of carbonyl (C=O) groups excluding carboxylic acids is 1. The van der Waals surface area contributed by atoms with E-state index in [0.29, 0.717) is 10.7 Å². The molecule has 0 aliphatic carbocycles. The molecule has 0 aromatic heterocycles. The van der Waals surface area contributed by atoms with Crippen molar-refractivity contribution in [2.24, 2.45) is 0 Å². The number of aliphatic hydroxyl groups excluding tert-OH is 1. The van der Waals surface area contributed by atoms with Crippen LogP contribution in [0.1, 0.15) is 17.2 Å². The molecule has 3 N–H and O–H groups in total. The van der Waals surface area contributed by atoms with Crippen molar-refractivity contribution in [3.8, 4) is 0 Å². The maximum Gasteiger partial charge on any atom is 0.319 e. The number of carbonyl (C=O) groups is 1. The van der Waals surface area contributed by atoms with Gasteiger partial charge in [0.2, 0.25) is 0 Å². The number of amides is 2. The summed E-state index contributed by atoms with van der Waals surface area (Å²) in [5.74, 6) is -0.511. The summed E-state index contributed by atoms with van der Waals surface area (Å²) in [7, 11) is 0. The van der Waals surface area contributed by atoms with Gasteiger partial charge in [-0.1, -0.05) is 35.9 Å². The maximum atomic E-state index is 13.5. The summed E-state index contributed by atoms with van der Waals surface area (Å²) in [5, 5.41) is 15.5. The van der Waals surface area contributed by atoms with Gasteiger partial charge in [-0.2, -0.15) is 0 Å². The first-order chi connectivity index (χ1) is 10.5. The second kappa shape index (κ2) is 7.24. The Morgan fingerprint density at radius 3 is 2.77 bits per heavy atom. The van der Waals surface area contributed by atoms with E-state index in [2.05, 4.69) is 10.6 Å². The molecule has 22 heavy (non-hydrogen) atoms. The molecule has 2 aromatic carbocycles. The lowest BCUT2D eigenvalue weighted by molar-refractivity contribution is 0.170. The van der Waals surface area contributed by atoms with Crippen molar-refractivity contribution in [3.05, 3.63) is 64.4 Å². The van der Waals surface area contributed by atoms with Crippen LogP contribution in [0.15, 0.2) is 42.5 Å². The highest BCUT2D eigenvalue weighted by Crippen LogP contribution is 2.20. The van der Waals surface area contributed by atoms with Gasteiger partial charge in [-0.05, 0) is 30.7 Å². The lowest BCUT2D eigenvalue weighted by Crippen LogP contribution is -2.32. The minimum absolute atomic E-state index is 0.105. The fourth-order valence-electron chi connectivity index (χ4n) is 1.94. The lowest BCUT2D eigenvalue weighted by Gasteiger charge is -2.14. The smallest absolute Gasteiger partial charge is 0.319 e. The van der Waals surface area contributed by atoms with Crippen LogP contribution < -0.4 is 10.6 Å². The van der Waals surface area contributed by atoms with E-state index in [4.69, 9.17) is 11.6 Å². The molecule has 0 fully saturated rings. The topological polar surface area (TPSA) is 61.4 Å².